The SMILES string of the molecule is CC[C@H](C)CNc1ccccc1C(=O)O. The van der Waals surface area contributed by atoms with Crippen LogP contribution in [-0.4, -0.2) is 17.6 Å². The lowest BCUT2D eigenvalue weighted by Crippen LogP contribution is -2.13. The van der Waals surface area contributed by atoms with Gasteiger partial charge in [-0.1, -0.05) is 32.4 Å². The fourth-order valence-corrected chi connectivity index (χ4v) is 1.25. The number of nitrogens with one attached hydrogen (secondary N) is 1. The molecular weight excluding hydrogens is 190 g/mol. The number of carbonyl (C=O) groups is 1. The number of para-hydroxylation sites is 1. The van der Waals surface area contributed by atoms with Crippen molar-refractivity contribution in [3.05, 3.63) is 29.8 Å². The van der Waals surface area contributed by atoms with Crippen LogP contribution < -0.4 is 5.32 Å². The van der Waals surface area contributed by atoms with E-state index in [1.807, 2.05) is 6.07 Å². The van der Waals surface area contributed by atoms with Crippen molar-refractivity contribution in [3.63, 3.8) is 0 Å². The van der Waals surface area contributed by atoms with Crippen molar-refractivity contribution >= 4 is 11.7 Å². The molecule has 1 aromatic rings. The summed E-state index contributed by atoms with van der Waals surface area (Å²) in [6.07, 6.45) is 1.09. The van der Waals surface area contributed by atoms with E-state index in [9.17, 15) is 4.79 Å². The van der Waals surface area contributed by atoms with Crippen molar-refractivity contribution in [2.24, 2.45) is 5.92 Å². The molecule has 3 nitrogen and oxygen atoms in total. The van der Waals surface area contributed by atoms with Gasteiger partial charge in [-0.15, -0.1) is 0 Å². The van der Waals surface area contributed by atoms with E-state index in [1.54, 1.807) is 18.2 Å². The summed E-state index contributed by atoms with van der Waals surface area (Å²) in [5.41, 5.74) is 1.03. The normalized spacial score (nSPS) is 12.1. The Bertz CT molecular complexity index is 336. The highest BCUT2D eigenvalue weighted by Crippen LogP contribution is 2.15. The maximum Gasteiger partial charge on any atom is 0.337 e. The van der Waals surface area contributed by atoms with Gasteiger partial charge in [-0.05, 0) is 18.1 Å². The molecule has 0 aliphatic carbocycles. The number of benzene rings is 1. The topological polar surface area (TPSA) is 49.3 Å². The fourth-order valence-electron chi connectivity index (χ4n) is 1.25. The quantitative estimate of drug-likeness (QED) is 0.780. The summed E-state index contributed by atoms with van der Waals surface area (Å²) in [5, 5.41) is 12.1. The number of rotatable bonds is 5. The number of anilines is 1. The molecule has 0 fully saturated rings. The Kier molecular flexibility index (Phi) is 4.16. The van der Waals surface area contributed by atoms with Crippen LogP contribution in [0.4, 0.5) is 5.69 Å². The van der Waals surface area contributed by atoms with E-state index < -0.39 is 5.97 Å². The highest BCUT2D eigenvalue weighted by Gasteiger charge is 2.08. The van der Waals surface area contributed by atoms with Gasteiger partial charge in [-0.25, -0.2) is 4.79 Å². The minimum absolute atomic E-state index is 0.334. The minimum atomic E-state index is -0.887. The third-order valence-electron chi connectivity index (χ3n) is 2.50. The molecule has 0 radical (unpaired) electrons. The highest BCUT2D eigenvalue weighted by atomic mass is 16.4. The van der Waals surface area contributed by atoms with Gasteiger partial charge in [0.05, 0.1) is 5.56 Å². The summed E-state index contributed by atoms with van der Waals surface area (Å²) < 4.78 is 0. The second-order valence-electron chi connectivity index (χ2n) is 3.75. The average molecular weight is 207 g/mol. The molecule has 0 aromatic heterocycles. The lowest BCUT2D eigenvalue weighted by atomic mass is 10.1. The Balaban J connectivity index is 2.72. The van der Waals surface area contributed by atoms with Gasteiger partial charge in [0, 0.05) is 12.2 Å². The Hall–Kier alpha value is -1.51. The maximum atomic E-state index is 10.9. The van der Waals surface area contributed by atoms with E-state index in [1.165, 1.54) is 0 Å². The van der Waals surface area contributed by atoms with Crippen LogP contribution in [0.1, 0.15) is 30.6 Å². The lowest BCUT2D eigenvalue weighted by Gasteiger charge is -2.12. The fraction of sp³-hybridized carbons (Fsp3) is 0.417. The van der Waals surface area contributed by atoms with Crippen molar-refractivity contribution in [2.75, 3.05) is 11.9 Å². The van der Waals surface area contributed by atoms with Crippen LogP contribution in [0.2, 0.25) is 0 Å². The van der Waals surface area contributed by atoms with Gasteiger partial charge in [0.15, 0.2) is 0 Å². The Morgan fingerprint density at radius 1 is 1.47 bits per heavy atom. The molecule has 0 aliphatic heterocycles. The van der Waals surface area contributed by atoms with Crippen LogP contribution in [0, 0.1) is 5.92 Å². The van der Waals surface area contributed by atoms with E-state index in [0.29, 0.717) is 17.2 Å². The molecular formula is C12H17NO2. The van der Waals surface area contributed by atoms with Gasteiger partial charge in [0.1, 0.15) is 0 Å². The van der Waals surface area contributed by atoms with Gasteiger partial charge < -0.3 is 10.4 Å². The monoisotopic (exact) mass is 207 g/mol. The first-order valence-electron chi connectivity index (χ1n) is 5.21. The smallest absolute Gasteiger partial charge is 0.337 e. The molecule has 0 bridgehead atoms. The Morgan fingerprint density at radius 3 is 2.73 bits per heavy atom. The van der Waals surface area contributed by atoms with E-state index in [-0.39, 0.29) is 0 Å². The molecule has 82 valence electrons. The van der Waals surface area contributed by atoms with E-state index >= 15 is 0 Å². The molecule has 0 aliphatic rings. The van der Waals surface area contributed by atoms with Crippen LogP contribution in [-0.2, 0) is 0 Å². The van der Waals surface area contributed by atoms with Crippen LogP contribution in [0.3, 0.4) is 0 Å². The zero-order valence-electron chi connectivity index (χ0n) is 9.16. The van der Waals surface area contributed by atoms with Gasteiger partial charge in [0.2, 0.25) is 0 Å². The zero-order valence-corrected chi connectivity index (χ0v) is 9.16. The first-order chi connectivity index (χ1) is 7.15. The summed E-state index contributed by atoms with van der Waals surface area (Å²) in [7, 11) is 0. The van der Waals surface area contributed by atoms with Gasteiger partial charge in [-0.2, -0.15) is 0 Å². The first-order valence-corrected chi connectivity index (χ1v) is 5.21. The standard InChI is InChI=1S/C12H17NO2/c1-3-9(2)8-13-11-7-5-4-6-10(11)12(14)15/h4-7,9,13H,3,8H2,1-2H3,(H,14,15)/t9-/m0/s1. The molecule has 2 N–H and O–H groups in total. The molecule has 0 heterocycles. The number of carboxylic acids is 1. The number of aromatic carboxylic acids is 1. The van der Waals surface area contributed by atoms with Crippen molar-refractivity contribution in [1.29, 1.82) is 0 Å². The van der Waals surface area contributed by atoms with Crippen LogP contribution in [0.25, 0.3) is 0 Å². The van der Waals surface area contributed by atoms with E-state index in [2.05, 4.69) is 19.2 Å². The van der Waals surface area contributed by atoms with Crippen molar-refractivity contribution in [1.82, 2.24) is 0 Å². The van der Waals surface area contributed by atoms with E-state index in [4.69, 9.17) is 5.11 Å². The first kappa shape index (κ1) is 11.6. The number of hydrogen-bond donors (Lipinski definition) is 2. The molecule has 1 atom stereocenters. The van der Waals surface area contributed by atoms with Crippen LogP contribution in [0.15, 0.2) is 24.3 Å². The molecule has 15 heavy (non-hydrogen) atoms. The summed E-state index contributed by atoms with van der Waals surface area (Å²) in [6, 6.07) is 6.98. The summed E-state index contributed by atoms with van der Waals surface area (Å²) in [4.78, 5) is 10.9. The molecule has 0 saturated heterocycles. The van der Waals surface area contributed by atoms with Crippen molar-refractivity contribution in [2.45, 2.75) is 20.3 Å². The second-order valence-corrected chi connectivity index (χ2v) is 3.75. The van der Waals surface area contributed by atoms with Gasteiger partial charge >= 0.3 is 5.97 Å². The third kappa shape index (κ3) is 3.27. The number of hydrogen-bond acceptors (Lipinski definition) is 2. The average Bonchev–Trinajstić information content (AvgIpc) is 2.26. The molecule has 0 spiro atoms. The number of carboxylic acid groups (broad SMARTS) is 1. The Morgan fingerprint density at radius 2 is 2.13 bits per heavy atom. The summed E-state index contributed by atoms with van der Waals surface area (Å²) in [5.74, 6) is -0.339. The predicted molar refractivity (Wildman–Crippen MR) is 61.3 cm³/mol. The van der Waals surface area contributed by atoms with Crippen LogP contribution >= 0.6 is 0 Å². The summed E-state index contributed by atoms with van der Waals surface area (Å²) >= 11 is 0. The minimum Gasteiger partial charge on any atom is -0.478 e. The largest absolute Gasteiger partial charge is 0.478 e. The molecule has 0 unspecified atom stereocenters. The van der Waals surface area contributed by atoms with Gasteiger partial charge in [0.25, 0.3) is 0 Å². The van der Waals surface area contributed by atoms with Crippen molar-refractivity contribution < 1.29 is 9.90 Å². The van der Waals surface area contributed by atoms with Crippen LogP contribution in [0.5, 0.6) is 0 Å². The van der Waals surface area contributed by atoms with Gasteiger partial charge in [-0.3, -0.25) is 0 Å². The second kappa shape index (κ2) is 5.39. The zero-order chi connectivity index (χ0) is 11.3. The molecule has 1 rings (SSSR count). The lowest BCUT2D eigenvalue weighted by molar-refractivity contribution is 0.0698. The Labute approximate surface area is 90.1 Å². The summed E-state index contributed by atoms with van der Waals surface area (Å²) in [6.45, 7) is 5.06. The van der Waals surface area contributed by atoms with Crippen molar-refractivity contribution in [3.8, 4) is 0 Å². The molecule has 3 heteroatoms. The molecule has 0 saturated carbocycles. The third-order valence-corrected chi connectivity index (χ3v) is 2.50. The predicted octanol–water partition coefficient (Wildman–Crippen LogP) is 2.84. The maximum absolute atomic E-state index is 10.9. The molecule has 1 aromatic carbocycles. The van der Waals surface area contributed by atoms with E-state index in [0.717, 1.165) is 13.0 Å². The highest BCUT2D eigenvalue weighted by molar-refractivity contribution is 5.94. The molecule has 0 amide bonds.